The van der Waals surface area contributed by atoms with Crippen LogP contribution in [0.25, 0.3) is 0 Å². The molecule has 0 saturated heterocycles. The molecule has 0 spiro atoms. The highest BCUT2D eigenvalue weighted by molar-refractivity contribution is 5.36. The van der Waals surface area contributed by atoms with Crippen molar-refractivity contribution in [2.75, 3.05) is 0 Å². The molecule has 1 aliphatic rings. The minimum atomic E-state index is -6.95. The van der Waals surface area contributed by atoms with Gasteiger partial charge in [0.2, 0.25) is 0 Å². The summed E-state index contributed by atoms with van der Waals surface area (Å²) in [6.45, 7) is 0. The van der Waals surface area contributed by atoms with E-state index in [1.807, 2.05) is 0 Å². The highest BCUT2D eigenvalue weighted by Gasteiger charge is 2.83. The second kappa shape index (κ2) is 5.02. The summed E-state index contributed by atoms with van der Waals surface area (Å²) < 4.78 is 116. The number of aliphatic hydroxyl groups excluding tert-OH is 1. The fourth-order valence-electron chi connectivity index (χ4n) is 2.52. The van der Waals surface area contributed by atoms with Gasteiger partial charge in [0.1, 0.15) is 0 Å². The lowest BCUT2D eigenvalue weighted by atomic mass is 9.88. The average molecular weight is 352 g/mol. The molecule has 1 nitrogen and oxygen atoms in total. The molecule has 0 radical (unpaired) electrons. The van der Waals surface area contributed by atoms with Gasteiger partial charge in [0.15, 0.2) is 0 Å². The molecule has 0 heterocycles. The molecule has 2 unspecified atom stereocenters. The van der Waals surface area contributed by atoms with Crippen LogP contribution in [0.3, 0.4) is 0 Å². The van der Waals surface area contributed by atoms with Crippen LogP contribution >= 0.6 is 0 Å². The molecule has 10 heteroatoms. The lowest BCUT2D eigenvalue weighted by Crippen LogP contribution is -2.63. The predicted molar refractivity (Wildman–Crippen MR) is 59.5 cm³/mol. The van der Waals surface area contributed by atoms with E-state index in [9.17, 15) is 44.6 Å². The number of halogens is 9. The van der Waals surface area contributed by atoms with E-state index >= 15 is 0 Å². The number of alkyl halides is 9. The third-order valence-corrected chi connectivity index (χ3v) is 3.83. The summed E-state index contributed by atoms with van der Waals surface area (Å²) >= 11 is 0. The maximum absolute atomic E-state index is 13.9. The van der Waals surface area contributed by atoms with Crippen molar-refractivity contribution in [2.24, 2.45) is 5.92 Å². The van der Waals surface area contributed by atoms with E-state index in [2.05, 4.69) is 0 Å². The minimum absolute atomic E-state index is 0.0178. The van der Waals surface area contributed by atoms with Crippen LogP contribution in [0.15, 0.2) is 24.3 Å². The monoisotopic (exact) mass is 352 g/mol. The fraction of sp³-hybridized carbons (Fsp3) is 0.538. The van der Waals surface area contributed by atoms with E-state index < -0.39 is 42.4 Å². The van der Waals surface area contributed by atoms with Crippen molar-refractivity contribution < 1.29 is 44.6 Å². The largest absolute Gasteiger partial charge is 0.460 e. The maximum Gasteiger partial charge on any atom is 0.460 e. The molecule has 1 aromatic rings. The van der Waals surface area contributed by atoms with E-state index in [4.69, 9.17) is 0 Å². The van der Waals surface area contributed by atoms with Crippen LogP contribution in [0, 0.1) is 5.92 Å². The molecule has 0 aromatic heterocycles. The molecular weight excluding hydrogens is 343 g/mol. The number of fused-ring (bicyclic) bond motifs is 1. The fourth-order valence-corrected chi connectivity index (χ4v) is 2.52. The van der Waals surface area contributed by atoms with Crippen LogP contribution in [-0.4, -0.2) is 29.1 Å². The molecule has 0 saturated carbocycles. The Morgan fingerprint density at radius 3 is 1.83 bits per heavy atom. The first-order valence-corrected chi connectivity index (χ1v) is 6.21. The quantitative estimate of drug-likeness (QED) is 0.802. The van der Waals surface area contributed by atoms with Gasteiger partial charge in [-0.25, -0.2) is 0 Å². The van der Waals surface area contributed by atoms with Crippen LogP contribution in [0.1, 0.15) is 17.2 Å². The zero-order chi connectivity index (χ0) is 17.8. The number of benzene rings is 1. The van der Waals surface area contributed by atoms with E-state index in [0.29, 0.717) is 0 Å². The molecular formula is C13H9F9O. The van der Waals surface area contributed by atoms with E-state index in [-0.39, 0.29) is 11.1 Å². The molecule has 0 amide bonds. The van der Waals surface area contributed by atoms with E-state index in [0.717, 1.165) is 6.07 Å². The molecule has 0 bridgehead atoms. The molecule has 1 aliphatic carbocycles. The van der Waals surface area contributed by atoms with Crippen molar-refractivity contribution in [2.45, 2.75) is 36.5 Å². The smallest absolute Gasteiger partial charge is 0.388 e. The lowest BCUT2D eigenvalue weighted by molar-refractivity contribution is -0.405. The van der Waals surface area contributed by atoms with Gasteiger partial charge in [0.05, 0.1) is 12.0 Å². The van der Waals surface area contributed by atoms with Gasteiger partial charge in [-0.1, -0.05) is 24.3 Å². The SMILES string of the molecule is OC1c2ccccc2CC1C(F)(F)C(F)(F)C(F)(F)C(F)(F)F. The summed E-state index contributed by atoms with van der Waals surface area (Å²) in [5.74, 6) is -22.3. The van der Waals surface area contributed by atoms with Crippen LogP contribution in [0.2, 0.25) is 0 Å². The Hall–Kier alpha value is -1.45. The van der Waals surface area contributed by atoms with Gasteiger partial charge < -0.3 is 5.11 Å². The van der Waals surface area contributed by atoms with Crippen molar-refractivity contribution in [3.63, 3.8) is 0 Å². The normalized spacial score (nSPS) is 23.0. The number of aliphatic hydroxyl groups is 1. The Balaban J connectivity index is 2.43. The zero-order valence-electron chi connectivity index (χ0n) is 11.0. The summed E-state index contributed by atoms with van der Waals surface area (Å²) in [4.78, 5) is 0. The Morgan fingerprint density at radius 2 is 1.35 bits per heavy atom. The van der Waals surface area contributed by atoms with Gasteiger partial charge in [0.25, 0.3) is 0 Å². The van der Waals surface area contributed by atoms with Gasteiger partial charge in [-0.3, -0.25) is 0 Å². The second-order valence-corrected chi connectivity index (χ2v) is 5.22. The molecule has 1 aromatic carbocycles. The van der Waals surface area contributed by atoms with Gasteiger partial charge in [0, 0.05) is 0 Å². The highest BCUT2D eigenvalue weighted by atomic mass is 19.4. The third-order valence-electron chi connectivity index (χ3n) is 3.83. The van der Waals surface area contributed by atoms with Gasteiger partial charge in [-0.15, -0.1) is 0 Å². The van der Waals surface area contributed by atoms with E-state index in [1.165, 1.54) is 18.2 Å². The molecule has 2 rings (SSSR count). The average Bonchev–Trinajstić information content (AvgIpc) is 2.75. The van der Waals surface area contributed by atoms with Crippen molar-refractivity contribution in [1.82, 2.24) is 0 Å². The van der Waals surface area contributed by atoms with Crippen molar-refractivity contribution >= 4 is 0 Å². The van der Waals surface area contributed by atoms with Gasteiger partial charge in [-0.2, -0.15) is 39.5 Å². The summed E-state index contributed by atoms with van der Waals surface area (Å²) in [6, 6.07) is 4.91. The summed E-state index contributed by atoms with van der Waals surface area (Å²) in [7, 11) is 0. The Morgan fingerprint density at radius 1 is 0.826 bits per heavy atom. The van der Waals surface area contributed by atoms with Gasteiger partial charge >= 0.3 is 23.9 Å². The van der Waals surface area contributed by atoms with Crippen molar-refractivity contribution in [1.29, 1.82) is 0 Å². The van der Waals surface area contributed by atoms with Crippen LogP contribution < -0.4 is 0 Å². The predicted octanol–water partition coefficient (Wildman–Crippen LogP) is 4.36. The van der Waals surface area contributed by atoms with E-state index in [1.54, 1.807) is 0 Å². The summed E-state index contributed by atoms with van der Waals surface area (Å²) in [5, 5.41) is 9.67. The first-order chi connectivity index (χ1) is 10.2. The van der Waals surface area contributed by atoms with Crippen molar-refractivity contribution in [3.05, 3.63) is 35.4 Å². The van der Waals surface area contributed by atoms with Gasteiger partial charge in [-0.05, 0) is 17.5 Å². The number of rotatable bonds is 3. The van der Waals surface area contributed by atoms with Crippen LogP contribution in [-0.2, 0) is 6.42 Å². The first kappa shape index (κ1) is 17.9. The topological polar surface area (TPSA) is 20.2 Å². The number of hydrogen-bond donors (Lipinski definition) is 1. The lowest BCUT2D eigenvalue weighted by Gasteiger charge is -2.37. The maximum atomic E-state index is 13.9. The Kier molecular flexibility index (Phi) is 3.91. The highest BCUT2D eigenvalue weighted by Crippen LogP contribution is 2.58. The third kappa shape index (κ3) is 2.38. The molecule has 0 aliphatic heterocycles. The van der Waals surface area contributed by atoms with Crippen LogP contribution in [0.4, 0.5) is 39.5 Å². The molecule has 130 valence electrons. The van der Waals surface area contributed by atoms with Crippen LogP contribution in [0.5, 0.6) is 0 Å². The Labute approximate surface area is 123 Å². The standard InChI is InChI=1S/C13H9F9O/c14-10(15,11(16,17)12(18,19)13(20,21)22)8-5-6-3-1-2-4-7(6)9(8)23/h1-4,8-9,23H,5H2. The summed E-state index contributed by atoms with van der Waals surface area (Å²) in [6.07, 6.45) is -10.1. The summed E-state index contributed by atoms with van der Waals surface area (Å²) in [5.41, 5.74) is -0.223. The minimum Gasteiger partial charge on any atom is -0.388 e. The molecule has 2 atom stereocenters. The van der Waals surface area contributed by atoms with Crippen molar-refractivity contribution in [3.8, 4) is 0 Å². The number of hydrogen-bond acceptors (Lipinski definition) is 1. The zero-order valence-corrected chi connectivity index (χ0v) is 11.0. The molecule has 23 heavy (non-hydrogen) atoms. The molecule has 0 fully saturated rings. The molecule has 1 N–H and O–H groups in total. The second-order valence-electron chi connectivity index (χ2n) is 5.22. The first-order valence-electron chi connectivity index (χ1n) is 6.21. The Bertz CT molecular complexity index is 593.